The molecule has 1 aromatic carbocycles. The number of hydrogen-bond acceptors (Lipinski definition) is 8. The highest BCUT2D eigenvalue weighted by Crippen LogP contribution is 2.38. The SMILES string of the molecule is COc1cc(CN(C)Cc2nc(N3CCCC3)ncc2-c2ccncc2)cc(OC)c1OC. The van der Waals surface area contributed by atoms with Crippen LogP contribution in [0.15, 0.2) is 42.9 Å². The Morgan fingerprint density at radius 2 is 1.61 bits per heavy atom. The molecule has 174 valence electrons. The first kappa shape index (κ1) is 22.8. The van der Waals surface area contributed by atoms with Gasteiger partial charge in [-0.1, -0.05) is 0 Å². The lowest BCUT2D eigenvalue weighted by Gasteiger charge is -2.22. The standard InChI is InChI=1S/C25H31N5O3/c1-29(16-18-13-22(31-2)24(33-4)23(14-18)32-3)17-21-20(19-7-9-26-10-8-19)15-27-25(28-21)30-11-5-6-12-30/h7-10,13-15H,5-6,11-12,16-17H2,1-4H3. The lowest BCUT2D eigenvalue weighted by atomic mass is 10.1. The van der Waals surface area contributed by atoms with Crippen LogP contribution in [0.5, 0.6) is 17.2 Å². The third-order valence-electron chi connectivity index (χ3n) is 5.83. The van der Waals surface area contributed by atoms with Crippen LogP contribution in [0.25, 0.3) is 11.1 Å². The van der Waals surface area contributed by atoms with E-state index in [9.17, 15) is 0 Å². The molecule has 0 amide bonds. The van der Waals surface area contributed by atoms with Crippen LogP contribution < -0.4 is 19.1 Å². The summed E-state index contributed by atoms with van der Waals surface area (Å²) in [7, 11) is 6.95. The van der Waals surface area contributed by atoms with Gasteiger partial charge in [0, 0.05) is 50.3 Å². The number of pyridine rings is 1. The third kappa shape index (κ3) is 5.17. The lowest BCUT2D eigenvalue weighted by Crippen LogP contribution is -2.23. The molecule has 33 heavy (non-hydrogen) atoms. The molecule has 4 rings (SSSR count). The fourth-order valence-electron chi connectivity index (χ4n) is 4.22. The highest BCUT2D eigenvalue weighted by molar-refractivity contribution is 5.65. The second-order valence-corrected chi connectivity index (χ2v) is 8.17. The van der Waals surface area contributed by atoms with Crippen LogP contribution >= 0.6 is 0 Å². The van der Waals surface area contributed by atoms with Crippen LogP contribution in [-0.2, 0) is 13.1 Å². The van der Waals surface area contributed by atoms with Gasteiger partial charge in [-0.25, -0.2) is 9.97 Å². The summed E-state index contributed by atoms with van der Waals surface area (Å²) in [5, 5.41) is 0. The van der Waals surface area contributed by atoms with Gasteiger partial charge in [0.1, 0.15) is 0 Å². The Labute approximate surface area is 195 Å². The number of hydrogen-bond donors (Lipinski definition) is 0. The van der Waals surface area contributed by atoms with E-state index in [0.717, 1.165) is 41.4 Å². The van der Waals surface area contributed by atoms with Crippen molar-refractivity contribution in [3.8, 4) is 28.4 Å². The predicted octanol–water partition coefficient (Wildman–Crippen LogP) is 3.80. The number of ether oxygens (including phenoxy) is 3. The molecule has 0 atom stereocenters. The summed E-state index contributed by atoms with van der Waals surface area (Å²) in [6, 6.07) is 7.96. The Balaban J connectivity index is 1.61. The van der Waals surface area contributed by atoms with Crippen LogP contribution in [0.2, 0.25) is 0 Å². The van der Waals surface area contributed by atoms with Crippen molar-refractivity contribution in [2.45, 2.75) is 25.9 Å². The van der Waals surface area contributed by atoms with Gasteiger partial charge < -0.3 is 19.1 Å². The zero-order valence-corrected chi connectivity index (χ0v) is 19.7. The van der Waals surface area contributed by atoms with Gasteiger partial charge in [-0.2, -0.15) is 0 Å². The second-order valence-electron chi connectivity index (χ2n) is 8.17. The molecule has 1 saturated heterocycles. The first-order valence-electron chi connectivity index (χ1n) is 11.1. The lowest BCUT2D eigenvalue weighted by molar-refractivity contribution is 0.306. The van der Waals surface area contributed by atoms with E-state index in [1.807, 2.05) is 30.5 Å². The summed E-state index contributed by atoms with van der Waals surface area (Å²) in [5.41, 5.74) is 4.14. The van der Waals surface area contributed by atoms with Crippen LogP contribution in [-0.4, -0.2) is 61.3 Å². The second kappa shape index (κ2) is 10.5. The van der Waals surface area contributed by atoms with Gasteiger partial charge in [0.2, 0.25) is 11.7 Å². The van der Waals surface area contributed by atoms with Gasteiger partial charge >= 0.3 is 0 Å². The predicted molar refractivity (Wildman–Crippen MR) is 128 cm³/mol. The summed E-state index contributed by atoms with van der Waals surface area (Å²) >= 11 is 0. The molecule has 1 aliphatic heterocycles. The molecule has 0 aliphatic carbocycles. The normalized spacial score (nSPS) is 13.4. The van der Waals surface area contributed by atoms with Crippen LogP contribution in [0, 0.1) is 0 Å². The molecular formula is C25H31N5O3. The van der Waals surface area contributed by atoms with Gasteiger partial charge in [-0.15, -0.1) is 0 Å². The maximum Gasteiger partial charge on any atom is 0.225 e. The topological polar surface area (TPSA) is 72.8 Å². The fraction of sp³-hybridized carbons (Fsp3) is 0.400. The van der Waals surface area contributed by atoms with E-state index in [1.165, 1.54) is 12.8 Å². The number of anilines is 1. The minimum absolute atomic E-state index is 0.595. The van der Waals surface area contributed by atoms with Gasteiger partial charge in [-0.05, 0) is 55.3 Å². The van der Waals surface area contributed by atoms with E-state index in [-0.39, 0.29) is 0 Å². The first-order valence-corrected chi connectivity index (χ1v) is 11.1. The summed E-state index contributed by atoms with van der Waals surface area (Å²) in [6.45, 7) is 3.37. The number of nitrogens with zero attached hydrogens (tertiary/aromatic N) is 5. The average Bonchev–Trinajstić information content (AvgIpc) is 3.39. The highest BCUT2D eigenvalue weighted by atomic mass is 16.5. The van der Waals surface area contributed by atoms with Crippen molar-refractivity contribution in [1.29, 1.82) is 0 Å². The van der Waals surface area contributed by atoms with E-state index < -0.39 is 0 Å². The summed E-state index contributed by atoms with van der Waals surface area (Å²) < 4.78 is 16.5. The Morgan fingerprint density at radius 3 is 2.21 bits per heavy atom. The largest absolute Gasteiger partial charge is 0.493 e. The van der Waals surface area contributed by atoms with Crippen LogP contribution in [0.4, 0.5) is 5.95 Å². The van der Waals surface area contributed by atoms with Crippen molar-refractivity contribution in [1.82, 2.24) is 19.9 Å². The van der Waals surface area contributed by atoms with E-state index in [1.54, 1.807) is 33.7 Å². The molecule has 0 unspecified atom stereocenters. The Hall–Kier alpha value is -3.39. The highest BCUT2D eigenvalue weighted by Gasteiger charge is 2.19. The van der Waals surface area contributed by atoms with Crippen LogP contribution in [0.1, 0.15) is 24.1 Å². The maximum atomic E-state index is 5.51. The molecule has 0 radical (unpaired) electrons. The van der Waals surface area contributed by atoms with E-state index in [2.05, 4.69) is 26.8 Å². The molecule has 3 aromatic rings. The minimum atomic E-state index is 0.595. The average molecular weight is 450 g/mol. The quantitative estimate of drug-likeness (QED) is 0.489. The summed E-state index contributed by atoms with van der Waals surface area (Å²) in [5.74, 6) is 2.70. The molecule has 8 nitrogen and oxygen atoms in total. The van der Waals surface area contributed by atoms with Crippen molar-refractivity contribution in [3.63, 3.8) is 0 Å². The van der Waals surface area contributed by atoms with E-state index in [0.29, 0.717) is 30.3 Å². The van der Waals surface area contributed by atoms with Crippen molar-refractivity contribution in [2.75, 3.05) is 46.4 Å². The first-order chi connectivity index (χ1) is 16.1. The van der Waals surface area contributed by atoms with E-state index in [4.69, 9.17) is 19.2 Å². The molecule has 3 heterocycles. The molecular weight excluding hydrogens is 418 g/mol. The maximum absolute atomic E-state index is 5.51. The number of methoxy groups -OCH3 is 3. The number of rotatable bonds is 9. The minimum Gasteiger partial charge on any atom is -0.493 e. The van der Waals surface area contributed by atoms with Gasteiger partial charge in [-0.3, -0.25) is 9.88 Å². The monoisotopic (exact) mass is 449 g/mol. The Bertz CT molecular complexity index is 1050. The van der Waals surface area contributed by atoms with Gasteiger partial charge in [0.05, 0.1) is 27.0 Å². The van der Waals surface area contributed by atoms with Gasteiger partial charge in [0.25, 0.3) is 0 Å². The molecule has 1 fully saturated rings. The molecule has 0 N–H and O–H groups in total. The Morgan fingerprint density at radius 1 is 0.939 bits per heavy atom. The molecule has 0 saturated carbocycles. The Kier molecular flexibility index (Phi) is 7.24. The molecule has 1 aliphatic rings. The summed E-state index contributed by atoms with van der Waals surface area (Å²) in [4.78, 5) is 18.3. The van der Waals surface area contributed by atoms with Crippen molar-refractivity contribution in [2.24, 2.45) is 0 Å². The molecule has 2 aromatic heterocycles. The van der Waals surface area contributed by atoms with E-state index >= 15 is 0 Å². The smallest absolute Gasteiger partial charge is 0.225 e. The number of aromatic nitrogens is 3. The zero-order chi connectivity index (χ0) is 23.2. The fourth-order valence-corrected chi connectivity index (χ4v) is 4.22. The van der Waals surface area contributed by atoms with Crippen LogP contribution in [0.3, 0.4) is 0 Å². The molecule has 0 spiro atoms. The third-order valence-corrected chi connectivity index (χ3v) is 5.83. The molecule has 8 heteroatoms. The number of benzene rings is 1. The van der Waals surface area contributed by atoms with Gasteiger partial charge in [0.15, 0.2) is 11.5 Å². The zero-order valence-electron chi connectivity index (χ0n) is 19.7. The molecule has 0 bridgehead atoms. The van der Waals surface area contributed by atoms with Crippen molar-refractivity contribution < 1.29 is 14.2 Å². The summed E-state index contributed by atoms with van der Waals surface area (Å²) in [6.07, 6.45) is 7.91. The van der Waals surface area contributed by atoms with Crippen molar-refractivity contribution >= 4 is 5.95 Å². The van der Waals surface area contributed by atoms with Crippen molar-refractivity contribution in [3.05, 3.63) is 54.1 Å².